The van der Waals surface area contributed by atoms with Gasteiger partial charge in [0.1, 0.15) is 5.78 Å². The Balaban J connectivity index is 2.11. The van der Waals surface area contributed by atoms with E-state index >= 15 is 0 Å². The number of Topliss-reactive ketones (excluding diaryl/α,β-unsaturated/α-hetero) is 1. The molecule has 0 heterocycles. The molecule has 1 heteroatoms. The molecule has 0 unspecified atom stereocenters. The topological polar surface area (TPSA) is 17.1 Å². The standard InChI is InChI=1S/C19H22O/c1-13-8-9-17(10-16(13)4)11-18(20)12-19-14(2)6-5-7-15(19)3/h5-10H,11-12H2,1-4H3. The molecule has 0 aliphatic carbocycles. The maximum atomic E-state index is 12.3. The van der Waals surface area contributed by atoms with Gasteiger partial charge in [0.05, 0.1) is 0 Å². The van der Waals surface area contributed by atoms with E-state index in [2.05, 4.69) is 58.0 Å². The Morgan fingerprint density at radius 2 is 1.45 bits per heavy atom. The van der Waals surface area contributed by atoms with Crippen LogP contribution in [0.5, 0.6) is 0 Å². The van der Waals surface area contributed by atoms with Crippen molar-refractivity contribution in [3.05, 3.63) is 69.8 Å². The summed E-state index contributed by atoms with van der Waals surface area (Å²) in [6, 6.07) is 12.5. The molecule has 0 aliphatic heterocycles. The summed E-state index contributed by atoms with van der Waals surface area (Å²) in [6.45, 7) is 8.34. The third-order valence-corrected chi connectivity index (χ3v) is 3.99. The third-order valence-electron chi connectivity index (χ3n) is 3.99. The second-order valence-electron chi connectivity index (χ2n) is 5.68. The number of carbonyl (C=O) groups is 1. The van der Waals surface area contributed by atoms with E-state index in [-0.39, 0.29) is 5.78 Å². The van der Waals surface area contributed by atoms with E-state index in [0.717, 1.165) is 5.56 Å². The molecule has 1 nitrogen and oxygen atoms in total. The predicted octanol–water partition coefficient (Wildman–Crippen LogP) is 4.27. The molecular formula is C19H22O. The fourth-order valence-electron chi connectivity index (χ4n) is 2.53. The summed E-state index contributed by atoms with van der Waals surface area (Å²) >= 11 is 0. The quantitative estimate of drug-likeness (QED) is 0.807. The van der Waals surface area contributed by atoms with Gasteiger partial charge < -0.3 is 0 Å². The first-order valence-electron chi connectivity index (χ1n) is 7.10. The van der Waals surface area contributed by atoms with E-state index < -0.39 is 0 Å². The number of benzene rings is 2. The van der Waals surface area contributed by atoms with Crippen LogP contribution < -0.4 is 0 Å². The van der Waals surface area contributed by atoms with Crippen LogP contribution in [0.15, 0.2) is 36.4 Å². The molecule has 0 aliphatic rings. The van der Waals surface area contributed by atoms with Crippen LogP contribution in [0.3, 0.4) is 0 Å². The molecule has 0 bridgehead atoms. The van der Waals surface area contributed by atoms with Crippen molar-refractivity contribution in [2.24, 2.45) is 0 Å². The van der Waals surface area contributed by atoms with Crippen LogP contribution in [0.25, 0.3) is 0 Å². The molecule has 0 spiro atoms. The van der Waals surface area contributed by atoms with E-state index in [1.54, 1.807) is 0 Å². The second-order valence-corrected chi connectivity index (χ2v) is 5.68. The van der Waals surface area contributed by atoms with Crippen LogP contribution in [0, 0.1) is 27.7 Å². The highest BCUT2D eigenvalue weighted by Crippen LogP contribution is 2.16. The van der Waals surface area contributed by atoms with Gasteiger partial charge in [0.25, 0.3) is 0 Å². The number of hydrogen-bond acceptors (Lipinski definition) is 1. The molecular weight excluding hydrogens is 244 g/mol. The van der Waals surface area contributed by atoms with Gasteiger partial charge in [-0.25, -0.2) is 0 Å². The summed E-state index contributed by atoms with van der Waals surface area (Å²) in [4.78, 5) is 12.3. The van der Waals surface area contributed by atoms with Crippen LogP contribution in [0.2, 0.25) is 0 Å². The van der Waals surface area contributed by atoms with Gasteiger partial charge in [0, 0.05) is 12.8 Å². The summed E-state index contributed by atoms with van der Waals surface area (Å²) in [5, 5.41) is 0. The van der Waals surface area contributed by atoms with Crippen LogP contribution >= 0.6 is 0 Å². The smallest absolute Gasteiger partial charge is 0.141 e. The molecule has 0 fully saturated rings. The number of rotatable bonds is 4. The highest BCUT2D eigenvalue weighted by Gasteiger charge is 2.09. The Kier molecular flexibility index (Phi) is 4.39. The van der Waals surface area contributed by atoms with Crippen molar-refractivity contribution in [1.82, 2.24) is 0 Å². The lowest BCUT2D eigenvalue weighted by Crippen LogP contribution is -2.09. The minimum atomic E-state index is 0.283. The zero-order valence-corrected chi connectivity index (χ0v) is 12.8. The van der Waals surface area contributed by atoms with E-state index in [4.69, 9.17) is 0 Å². The second kappa shape index (κ2) is 6.04. The largest absolute Gasteiger partial charge is 0.299 e. The van der Waals surface area contributed by atoms with Crippen LogP contribution in [-0.2, 0) is 17.6 Å². The molecule has 0 saturated carbocycles. The fraction of sp³-hybridized carbons (Fsp3) is 0.316. The monoisotopic (exact) mass is 266 g/mol. The van der Waals surface area contributed by atoms with Gasteiger partial charge in [-0.1, -0.05) is 36.4 Å². The Labute approximate surface area is 121 Å². The predicted molar refractivity (Wildman–Crippen MR) is 84.2 cm³/mol. The summed E-state index contributed by atoms with van der Waals surface area (Å²) < 4.78 is 0. The van der Waals surface area contributed by atoms with Crippen molar-refractivity contribution in [1.29, 1.82) is 0 Å². The highest BCUT2D eigenvalue weighted by molar-refractivity contribution is 5.83. The Morgan fingerprint density at radius 3 is 2.05 bits per heavy atom. The normalized spacial score (nSPS) is 10.6. The van der Waals surface area contributed by atoms with Crippen molar-refractivity contribution >= 4 is 5.78 Å². The summed E-state index contributed by atoms with van der Waals surface area (Å²) in [7, 11) is 0. The molecule has 0 amide bonds. The van der Waals surface area contributed by atoms with E-state index in [9.17, 15) is 4.79 Å². The molecule has 2 aromatic carbocycles. The van der Waals surface area contributed by atoms with Gasteiger partial charge in [-0.3, -0.25) is 4.79 Å². The van der Waals surface area contributed by atoms with Gasteiger partial charge in [-0.05, 0) is 61.1 Å². The molecule has 2 rings (SSSR count). The maximum Gasteiger partial charge on any atom is 0.141 e. The minimum absolute atomic E-state index is 0.283. The first-order chi connectivity index (χ1) is 9.47. The van der Waals surface area contributed by atoms with Gasteiger partial charge in [-0.2, -0.15) is 0 Å². The van der Waals surface area contributed by atoms with Crippen LogP contribution in [0.4, 0.5) is 0 Å². The van der Waals surface area contributed by atoms with Gasteiger partial charge >= 0.3 is 0 Å². The summed E-state index contributed by atoms with van der Waals surface area (Å²) in [6.07, 6.45) is 1.06. The Bertz CT molecular complexity index is 618. The molecule has 0 saturated heterocycles. The van der Waals surface area contributed by atoms with Gasteiger partial charge in [0.15, 0.2) is 0 Å². The molecule has 2 aromatic rings. The molecule has 20 heavy (non-hydrogen) atoms. The Hall–Kier alpha value is -1.89. The molecule has 0 N–H and O–H groups in total. The van der Waals surface area contributed by atoms with Crippen LogP contribution in [-0.4, -0.2) is 5.78 Å². The molecule has 0 radical (unpaired) electrons. The minimum Gasteiger partial charge on any atom is -0.299 e. The number of hydrogen-bond donors (Lipinski definition) is 0. The average molecular weight is 266 g/mol. The maximum absolute atomic E-state index is 12.3. The zero-order chi connectivity index (χ0) is 14.7. The fourth-order valence-corrected chi connectivity index (χ4v) is 2.53. The van der Waals surface area contributed by atoms with E-state index in [1.807, 2.05) is 6.07 Å². The van der Waals surface area contributed by atoms with Gasteiger partial charge in [0.2, 0.25) is 0 Å². The molecule has 104 valence electrons. The number of aryl methyl sites for hydroxylation is 4. The summed E-state index contributed by atoms with van der Waals surface area (Å²) in [5.74, 6) is 0.283. The van der Waals surface area contributed by atoms with E-state index in [1.165, 1.54) is 27.8 Å². The molecule has 0 atom stereocenters. The van der Waals surface area contributed by atoms with Crippen LogP contribution in [0.1, 0.15) is 33.4 Å². The van der Waals surface area contributed by atoms with Crippen molar-refractivity contribution in [3.63, 3.8) is 0 Å². The van der Waals surface area contributed by atoms with Crippen molar-refractivity contribution in [2.45, 2.75) is 40.5 Å². The zero-order valence-electron chi connectivity index (χ0n) is 12.8. The number of carbonyl (C=O) groups excluding carboxylic acids is 1. The average Bonchev–Trinajstić information content (AvgIpc) is 2.38. The lowest BCUT2D eigenvalue weighted by atomic mass is 9.95. The highest BCUT2D eigenvalue weighted by atomic mass is 16.1. The van der Waals surface area contributed by atoms with E-state index in [0.29, 0.717) is 12.8 Å². The lowest BCUT2D eigenvalue weighted by molar-refractivity contribution is -0.117. The van der Waals surface area contributed by atoms with Crippen molar-refractivity contribution in [2.75, 3.05) is 0 Å². The lowest BCUT2D eigenvalue weighted by Gasteiger charge is -2.09. The first kappa shape index (κ1) is 14.5. The van der Waals surface area contributed by atoms with Gasteiger partial charge in [-0.15, -0.1) is 0 Å². The SMILES string of the molecule is Cc1ccc(CC(=O)Cc2c(C)cccc2C)cc1C. The van der Waals surface area contributed by atoms with Crippen molar-refractivity contribution in [3.8, 4) is 0 Å². The Morgan fingerprint density at radius 1 is 0.800 bits per heavy atom. The number of ketones is 1. The summed E-state index contributed by atoms with van der Waals surface area (Å²) in [5.41, 5.74) is 7.24. The van der Waals surface area contributed by atoms with Crippen molar-refractivity contribution < 1.29 is 4.79 Å². The first-order valence-corrected chi connectivity index (χ1v) is 7.10. The molecule has 0 aromatic heterocycles. The third kappa shape index (κ3) is 3.36.